The van der Waals surface area contributed by atoms with Crippen molar-refractivity contribution >= 4 is 45.3 Å². The van der Waals surface area contributed by atoms with E-state index in [2.05, 4.69) is 26.2 Å². The Morgan fingerprint density at radius 2 is 2.04 bits per heavy atom. The lowest BCUT2D eigenvalue weighted by Gasteiger charge is -2.08. The van der Waals surface area contributed by atoms with Gasteiger partial charge < -0.3 is 25.1 Å². The minimum atomic E-state index is -0.717. The fourth-order valence-electron chi connectivity index (χ4n) is 2.13. The molecule has 0 unspecified atom stereocenters. The van der Waals surface area contributed by atoms with E-state index in [9.17, 15) is 9.59 Å². The number of carbonyl (C=O) groups excluding carboxylic acids is 2. The van der Waals surface area contributed by atoms with Gasteiger partial charge in [0.05, 0.1) is 0 Å². The minimum absolute atomic E-state index is 0.00654. The molecular formula is C14H13BrN4O4S. The normalized spacial score (nSPS) is 12.3. The number of hydrogen-bond donors (Lipinski definition) is 2. The van der Waals surface area contributed by atoms with E-state index in [1.54, 1.807) is 17.7 Å². The third kappa shape index (κ3) is 3.06. The third-order valence-electron chi connectivity index (χ3n) is 3.21. The van der Waals surface area contributed by atoms with E-state index in [4.69, 9.17) is 15.2 Å². The van der Waals surface area contributed by atoms with E-state index in [-0.39, 0.29) is 24.2 Å². The number of nitrogens with two attached hydrogens (primary N) is 1. The summed E-state index contributed by atoms with van der Waals surface area (Å²) in [6.45, 7) is 1.52. The molecule has 0 fully saturated rings. The third-order valence-corrected chi connectivity index (χ3v) is 5.23. The number of nitrogens with one attached hydrogen (secondary N) is 1. The molecule has 10 heteroatoms. The Morgan fingerprint density at radius 3 is 2.67 bits per heavy atom. The maximum absolute atomic E-state index is 11.6. The van der Waals surface area contributed by atoms with Gasteiger partial charge in [-0.15, -0.1) is 0 Å². The van der Waals surface area contributed by atoms with E-state index in [0.717, 1.165) is 9.37 Å². The summed E-state index contributed by atoms with van der Waals surface area (Å²) >= 11 is 4.77. The van der Waals surface area contributed by atoms with Crippen molar-refractivity contribution in [2.45, 2.75) is 17.0 Å². The van der Waals surface area contributed by atoms with E-state index in [0.29, 0.717) is 16.7 Å². The van der Waals surface area contributed by atoms with Gasteiger partial charge >= 0.3 is 0 Å². The molecule has 1 aromatic carbocycles. The molecule has 0 bridgehead atoms. The molecule has 3 N–H and O–H groups in total. The minimum Gasteiger partial charge on any atom is -0.454 e. The van der Waals surface area contributed by atoms with Crippen molar-refractivity contribution in [2.24, 2.45) is 12.8 Å². The van der Waals surface area contributed by atoms with Crippen LogP contribution in [0.15, 0.2) is 26.7 Å². The summed E-state index contributed by atoms with van der Waals surface area (Å²) in [6.07, 6.45) is 0. The van der Waals surface area contributed by atoms with Gasteiger partial charge in [-0.05, 0) is 28.1 Å². The molecule has 3 rings (SSSR count). The van der Waals surface area contributed by atoms with Crippen LogP contribution in [0.25, 0.3) is 0 Å². The summed E-state index contributed by atoms with van der Waals surface area (Å²) in [7, 11) is 1.69. The Labute approximate surface area is 149 Å². The lowest BCUT2D eigenvalue weighted by molar-refractivity contribution is -0.114. The predicted molar refractivity (Wildman–Crippen MR) is 90.4 cm³/mol. The smallest absolute Gasteiger partial charge is 0.271 e. The zero-order chi connectivity index (χ0) is 17.4. The number of halogens is 1. The van der Waals surface area contributed by atoms with Gasteiger partial charge in [-0.3, -0.25) is 9.59 Å². The standard InChI is InChI=1S/C14H13BrN4O4S/c1-6(20)17-13-11(12(16)21)18-14(19(13)2)24-10-4-9-8(3-7(10)15)22-5-23-9/h3-4H,5H2,1-2H3,(H2,16,21)(H,17,20). The van der Waals surface area contributed by atoms with Gasteiger partial charge in [0.15, 0.2) is 22.3 Å². The molecule has 1 aliphatic rings. The number of fused-ring (bicyclic) bond motifs is 1. The molecule has 0 aliphatic carbocycles. The number of amides is 2. The van der Waals surface area contributed by atoms with Crippen molar-refractivity contribution in [3.05, 3.63) is 22.3 Å². The fraction of sp³-hybridized carbons (Fsp3) is 0.214. The number of primary amides is 1. The van der Waals surface area contributed by atoms with Gasteiger partial charge in [0.25, 0.3) is 5.91 Å². The summed E-state index contributed by atoms with van der Waals surface area (Å²) in [5.41, 5.74) is 5.35. The number of imidazole rings is 1. The van der Waals surface area contributed by atoms with E-state index in [1.165, 1.54) is 18.7 Å². The van der Waals surface area contributed by atoms with Crippen LogP contribution in [0.4, 0.5) is 5.82 Å². The molecule has 2 aromatic rings. The number of hydrogen-bond acceptors (Lipinski definition) is 6. The van der Waals surface area contributed by atoms with Crippen LogP contribution in [0.2, 0.25) is 0 Å². The van der Waals surface area contributed by atoms with E-state index < -0.39 is 5.91 Å². The Kier molecular flexibility index (Phi) is 4.41. The van der Waals surface area contributed by atoms with Crippen molar-refractivity contribution in [1.29, 1.82) is 0 Å². The molecule has 0 spiro atoms. The van der Waals surface area contributed by atoms with Gasteiger partial charge in [0, 0.05) is 23.3 Å². The molecule has 1 aliphatic heterocycles. The topological polar surface area (TPSA) is 108 Å². The molecule has 0 radical (unpaired) electrons. The van der Waals surface area contributed by atoms with Crippen LogP contribution in [-0.2, 0) is 11.8 Å². The average molecular weight is 413 g/mol. The summed E-state index contributed by atoms with van der Waals surface area (Å²) in [6, 6.07) is 3.62. The maximum Gasteiger partial charge on any atom is 0.271 e. The highest BCUT2D eigenvalue weighted by Crippen LogP contribution is 2.43. The summed E-state index contributed by atoms with van der Waals surface area (Å²) in [5, 5.41) is 3.07. The highest BCUT2D eigenvalue weighted by atomic mass is 79.9. The van der Waals surface area contributed by atoms with Crippen molar-refractivity contribution in [3.63, 3.8) is 0 Å². The van der Waals surface area contributed by atoms with Crippen molar-refractivity contribution in [1.82, 2.24) is 9.55 Å². The molecule has 1 aromatic heterocycles. The number of carbonyl (C=O) groups is 2. The molecule has 2 amide bonds. The monoisotopic (exact) mass is 412 g/mol. The molecule has 24 heavy (non-hydrogen) atoms. The second kappa shape index (κ2) is 6.36. The number of benzene rings is 1. The summed E-state index contributed by atoms with van der Waals surface area (Å²) < 4.78 is 13.1. The Hall–Kier alpha value is -2.20. The number of anilines is 1. The van der Waals surface area contributed by atoms with Crippen molar-refractivity contribution < 1.29 is 19.1 Å². The SMILES string of the molecule is CC(=O)Nc1c(C(N)=O)nc(Sc2cc3c(cc2Br)OCO3)n1C. The quantitative estimate of drug-likeness (QED) is 0.795. The first kappa shape index (κ1) is 16.7. The van der Waals surface area contributed by atoms with Crippen LogP contribution >= 0.6 is 27.7 Å². The highest BCUT2D eigenvalue weighted by molar-refractivity contribution is 9.10. The first-order valence-corrected chi connectivity index (χ1v) is 8.39. The number of aromatic nitrogens is 2. The van der Waals surface area contributed by atoms with Crippen molar-refractivity contribution in [2.75, 3.05) is 12.1 Å². The second-order valence-corrected chi connectivity index (χ2v) is 6.80. The van der Waals surface area contributed by atoms with Crippen LogP contribution in [0.5, 0.6) is 11.5 Å². The van der Waals surface area contributed by atoms with Gasteiger partial charge in [0.1, 0.15) is 5.82 Å². The maximum atomic E-state index is 11.6. The van der Waals surface area contributed by atoms with Gasteiger partial charge in [-0.1, -0.05) is 11.8 Å². The number of ether oxygens (including phenoxy) is 2. The Bertz CT molecular complexity index is 852. The average Bonchev–Trinajstić information content (AvgIpc) is 3.06. The lowest BCUT2D eigenvalue weighted by Crippen LogP contribution is -2.17. The van der Waals surface area contributed by atoms with Crippen LogP contribution in [0.1, 0.15) is 17.4 Å². The molecule has 2 heterocycles. The Balaban J connectivity index is 1.99. The molecule has 0 saturated carbocycles. The molecule has 8 nitrogen and oxygen atoms in total. The van der Waals surface area contributed by atoms with Crippen LogP contribution in [-0.4, -0.2) is 28.2 Å². The van der Waals surface area contributed by atoms with Crippen molar-refractivity contribution in [3.8, 4) is 11.5 Å². The summed E-state index contributed by atoms with van der Waals surface area (Å²) in [5.74, 6) is 0.511. The number of nitrogens with zero attached hydrogens (tertiary/aromatic N) is 2. The molecule has 0 atom stereocenters. The van der Waals surface area contributed by atoms with E-state index >= 15 is 0 Å². The molecular weight excluding hydrogens is 400 g/mol. The van der Waals surface area contributed by atoms with Gasteiger partial charge in [-0.25, -0.2) is 4.98 Å². The second-order valence-electron chi connectivity index (χ2n) is 4.93. The van der Waals surface area contributed by atoms with Gasteiger partial charge in [0.2, 0.25) is 12.7 Å². The predicted octanol–water partition coefficient (Wildman–Crippen LogP) is 2.12. The first-order chi connectivity index (χ1) is 11.4. The van der Waals surface area contributed by atoms with Gasteiger partial charge in [-0.2, -0.15) is 0 Å². The lowest BCUT2D eigenvalue weighted by atomic mass is 10.3. The largest absolute Gasteiger partial charge is 0.454 e. The summed E-state index contributed by atoms with van der Waals surface area (Å²) in [4.78, 5) is 28.0. The number of rotatable bonds is 4. The fourth-order valence-corrected chi connectivity index (χ4v) is 3.58. The highest BCUT2D eigenvalue weighted by Gasteiger charge is 2.22. The molecule has 0 saturated heterocycles. The zero-order valence-corrected chi connectivity index (χ0v) is 15.2. The van der Waals surface area contributed by atoms with Crippen LogP contribution in [0, 0.1) is 0 Å². The van der Waals surface area contributed by atoms with E-state index in [1.807, 2.05) is 6.07 Å². The van der Waals surface area contributed by atoms with Crippen LogP contribution in [0.3, 0.4) is 0 Å². The zero-order valence-electron chi connectivity index (χ0n) is 12.8. The van der Waals surface area contributed by atoms with Crippen LogP contribution < -0.4 is 20.5 Å². The Morgan fingerprint density at radius 1 is 1.38 bits per heavy atom. The molecule has 126 valence electrons. The first-order valence-electron chi connectivity index (χ1n) is 6.78.